The van der Waals surface area contributed by atoms with Crippen LogP contribution in [0.25, 0.3) is 10.9 Å². The first-order chi connectivity index (χ1) is 15.3. The number of methoxy groups -OCH3 is 1. The Morgan fingerprint density at radius 1 is 0.935 bits per heavy atom. The maximum atomic E-state index is 6.18. The molecule has 0 saturated heterocycles. The fourth-order valence-corrected chi connectivity index (χ4v) is 3.78. The Hall–Kier alpha value is -2.79. The topological polar surface area (TPSA) is 46.6 Å². The number of ether oxygens (including phenoxy) is 2. The van der Waals surface area contributed by atoms with Gasteiger partial charge in [0, 0.05) is 24.2 Å². The van der Waals surface area contributed by atoms with E-state index in [1.807, 2.05) is 54.7 Å². The Labute approximate surface area is 186 Å². The Bertz CT molecular complexity index is 927. The molecule has 1 heterocycles. The number of para-hydroxylation sites is 1. The zero-order valence-corrected chi connectivity index (χ0v) is 19.1. The summed E-state index contributed by atoms with van der Waals surface area (Å²) in [6.07, 6.45) is 6.72. The van der Waals surface area contributed by atoms with Crippen LogP contribution in [0.15, 0.2) is 54.7 Å². The molecule has 1 aromatic heterocycles. The first kappa shape index (κ1) is 22.9. The average Bonchev–Trinajstić information content (AvgIpc) is 2.82. The number of hydrogen-bond acceptors (Lipinski definition) is 5. The summed E-state index contributed by atoms with van der Waals surface area (Å²) in [7, 11) is 1.68. The first-order valence-electron chi connectivity index (χ1n) is 11.4. The Kier molecular flexibility index (Phi) is 8.98. The molecule has 0 unspecified atom stereocenters. The summed E-state index contributed by atoms with van der Waals surface area (Å²) in [6.45, 7) is 8.87. The van der Waals surface area contributed by atoms with E-state index >= 15 is 0 Å². The molecule has 0 aliphatic heterocycles. The first-order valence-corrected chi connectivity index (χ1v) is 11.4. The zero-order chi connectivity index (χ0) is 21.9. The largest absolute Gasteiger partial charge is 0.493 e. The highest BCUT2D eigenvalue weighted by molar-refractivity contribution is 5.97. The van der Waals surface area contributed by atoms with Gasteiger partial charge in [0.25, 0.3) is 0 Å². The molecule has 5 nitrogen and oxygen atoms in total. The minimum atomic E-state index is 0.693. The van der Waals surface area contributed by atoms with Gasteiger partial charge in [-0.3, -0.25) is 4.98 Å². The number of benzene rings is 2. The summed E-state index contributed by atoms with van der Waals surface area (Å²) < 4.78 is 11.9. The summed E-state index contributed by atoms with van der Waals surface area (Å²) in [6, 6.07) is 15.7. The Morgan fingerprint density at radius 2 is 1.71 bits per heavy atom. The predicted molar refractivity (Wildman–Crippen MR) is 130 cm³/mol. The maximum Gasteiger partial charge on any atom is 0.178 e. The van der Waals surface area contributed by atoms with E-state index in [9.17, 15) is 0 Å². The van der Waals surface area contributed by atoms with E-state index in [1.165, 1.54) is 25.8 Å². The molecule has 31 heavy (non-hydrogen) atoms. The highest BCUT2D eigenvalue weighted by Crippen LogP contribution is 2.41. The van der Waals surface area contributed by atoms with Crippen molar-refractivity contribution >= 4 is 16.6 Å². The minimum Gasteiger partial charge on any atom is -0.493 e. The number of nitrogens with one attached hydrogen (secondary N) is 1. The van der Waals surface area contributed by atoms with Gasteiger partial charge in [0.1, 0.15) is 5.75 Å². The molecular weight excluding hydrogens is 386 g/mol. The number of anilines is 1. The molecule has 0 saturated carbocycles. The van der Waals surface area contributed by atoms with Crippen LogP contribution in [0.4, 0.5) is 5.69 Å². The third kappa shape index (κ3) is 6.34. The molecule has 0 radical (unpaired) electrons. The van der Waals surface area contributed by atoms with Gasteiger partial charge in [-0.2, -0.15) is 0 Å². The van der Waals surface area contributed by atoms with E-state index < -0.39 is 0 Å². The number of rotatable bonds is 13. The molecule has 3 aromatic rings. The van der Waals surface area contributed by atoms with Crippen LogP contribution < -0.4 is 14.8 Å². The van der Waals surface area contributed by atoms with Crippen LogP contribution in [0.5, 0.6) is 17.2 Å². The molecule has 0 bridgehead atoms. The van der Waals surface area contributed by atoms with Crippen LogP contribution >= 0.6 is 0 Å². The molecule has 1 N–H and O–H groups in total. The lowest BCUT2D eigenvalue weighted by atomic mass is 10.1. The normalized spacial score (nSPS) is 11.1. The lowest BCUT2D eigenvalue weighted by molar-refractivity contribution is 0.295. The predicted octanol–water partition coefficient (Wildman–Crippen LogP) is 6.35. The van der Waals surface area contributed by atoms with Gasteiger partial charge in [-0.1, -0.05) is 44.9 Å². The van der Waals surface area contributed by atoms with E-state index in [4.69, 9.17) is 9.47 Å². The van der Waals surface area contributed by atoms with Crippen molar-refractivity contribution in [2.24, 2.45) is 0 Å². The van der Waals surface area contributed by atoms with Gasteiger partial charge < -0.3 is 19.7 Å². The van der Waals surface area contributed by atoms with Crippen molar-refractivity contribution in [2.45, 2.75) is 39.5 Å². The zero-order valence-electron chi connectivity index (χ0n) is 19.1. The molecular formula is C26H35N3O2. The molecule has 3 rings (SSSR count). The molecule has 0 aliphatic carbocycles. The minimum absolute atomic E-state index is 0.693. The summed E-state index contributed by atoms with van der Waals surface area (Å²) in [4.78, 5) is 7.11. The third-order valence-corrected chi connectivity index (χ3v) is 5.60. The maximum absolute atomic E-state index is 6.18. The van der Waals surface area contributed by atoms with Crippen LogP contribution in [0.1, 0.15) is 39.5 Å². The second-order valence-corrected chi connectivity index (χ2v) is 7.64. The van der Waals surface area contributed by atoms with Crippen molar-refractivity contribution in [1.29, 1.82) is 0 Å². The van der Waals surface area contributed by atoms with Gasteiger partial charge in [0.2, 0.25) is 0 Å². The van der Waals surface area contributed by atoms with E-state index in [0.29, 0.717) is 11.5 Å². The van der Waals surface area contributed by atoms with Gasteiger partial charge in [-0.05, 0) is 56.7 Å². The lowest BCUT2D eigenvalue weighted by Gasteiger charge is -2.18. The number of hydrogen-bond donors (Lipinski definition) is 1. The monoisotopic (exact) mass is 421 g/mol. The number of unbranched alkanes of at least 4 members (excludes halogenated alkanes) is 3. The van der Waals surface area contributed by atoms with Crippen molar-refractivity contribution in [2.75, 3.05) is 38.6 Å². The molecule has 166 valence electrons. The second-order valence-electron chi connectivity index (χ2n) is 7.64. The van der Waals surface area contributed by atoms with E-state index in [2.05, 4.69) is 29.0 Å². The van der Waals surface area contributed by atoms with Gasteiger partial charge in [0.15, 0.2) is 11.5 Å². The molecule has 0 amide bonds. The van der Waals surface area contributed by atoms with Crippen molar-refractivity contribution in [1.82, 2.24) is 9.88 Å². The standard InChI is InChI=1S/C26H35N3O2/c1-4-29(5-2)19-12-7-6-11-17-27-23-20-24(30-3)26(22-16-13-18-28-25(22)23)31-21-14-9-8-10-15-21/h8-10,13-16,18,20,27H,4-7,11-12,17,19H2,1-3H3. The van der Waals surface area contributed by atoms with Crippen molar-refractivity contribution in [3.63, 3.8) is 0 Å². The highest BCUT2D eigenvalue weighted by Gasteiger charge is 2.15. The molecule has 0 atom stereocenters. The second kappa shape index (κ2) is 12.2. The quantitative estimate of drug-likeness (QED) is 0.326. The summed E-state index contributed by atoms with van der Waals surface area (Å²) in [5.74, 6) is 2.17. The SMILES string of the molecule is CCN(CC)CCCCCCNc1cc(OC)c(Oc2ccccc2)c2cccnc12. The number of pyridine rings is 1. The van der Waals surface area contributed by atoms with E-state index in [1.54, 1.807) is 7.11 Å². The highest BCUT2D eigenvalue weighted by atomic mass is 16.5. The van der Waals surface area contributed by atoms with Gasteiger partial charge in [0.05, 0.1) is 18.3 Å². The average molecular weight is 422 g/mol. The number of fused-ring (bicyclic) bond motifs is 1. The van der Waals surface area contributed by atoms with Crippen molar-refractivity contribution in [3.8, 4) is 17.2 Å². The van der Waals surface area contributed by atoms with Crippen LogP contribution in [0.2, 0.25) is 0 Å². The van der Waals surface area contributed by atoms with Crippen molar-refractivity contribution < 1.29 is 9.47 Å². The Morgan fingerprint density at radius 3 is 2.45 bits per heavy atom. The molecule has 5 heteroatoms. The molecule has 0 spiro atoms. The molecule has 0 aliphatic rings. The van der Waals surface area contributed by atoms with Crippen LogP contribution in [-0.4, -0.2) is 43.2 Å². The summed E-state index contributed by atoms with van der Waals surface area (Å²) in [5.41, 5.74) is 1.88. The third-order valence-electron chi connectivity index (χ3n) is 5.60. The lowest BCUT2D eigenvalue weighted by Crippen LogP contribution is -2.23. The van der Waals surface area contributed by atoms with Crippen LogP contribution in [0.3, 0.4) is 0 Å². The fourth-order valence-electron chi connectivity index (χ4n) is 3.78. The van der Waals surface area contributed by atoms with Gasteiger partial charge in [-0.25, -0.2) is 0 Å². The fraction of sp³-hybridized carbons (Fsp3) is 0.423. The molecule has 0 fully saturated rings. The smallest absolute Gasteiger partial charge is 0.178 e. The van der Waals surface area contributed by atoms with Crippen molar-refractivity contribution in [3.05, 3.63) is 54.7 Å². The Balaban J connectivity index is 1.64. The van der Waals surface area contributed by atoms with E-state index in [0.717, 1.165) is 48.4 Å². The molecule has 2 aromatic carbocycles. The number of nitrogens with zero attached hydrogens (tertiary/aromatic N) is 2. The summed E-state index contributed by atoms with van der Waals surface area (Å²) >= 11 is 0. The number of aromatic nitrogens is 1. The van der Waals surface area contributed by atoms with Gasteiger partial charge in [-0.15, -0.1) is 0 Å². The van der Waals surface area contributed by atoms with Crippen LogP contribution in [0, 0.1) is 0 Å². The summed E-state index contributed by atoms with van der Waals surface area (Å²) in [5, 5.41) is 4.50. The van der Waals surface area contributed by atoms with Crippen LogP contribution in [-0.2, 0) is 0 Å². The van der Waals surface area contributed by atoms with Gasteiger partial charge >= 0.3 is 0 Å². The van der Waals surface area contributed by atoms with E-state index in [-0.39, 0.29) is 0 Å².